The summed E-state index contributed by atoms with van der Waals surface area (Å²) in [5, 5.41) is 9.21. The minimum absolute atomic E-state index is 0.0643. The highest BCUT2D eigenvalue weighted by Crippen LogP contribution is 2.26. The van der Waals surface area contributed by atoms with Gasteiger partial charge < -0.3 is 10.1 Å². The molecule has 0 aliphatic rings. The third kappa shape index (κ3) is 7.05. The predicted octanol–water partition coefficient (Wildman–Crippen LogP) is 7.63. The van der Waals surface area contributed by atoms with E-state index in [1.54, 1.807) is 6.07 Å². The van der Waals surface area contributed by atoms with E-state index in [1.165, 1.54) is 58.7 Å². The van der Waals surface area contributed by atoms with Gasteiger partial charge in [-0.1, -0.05) is 38.1 Å². The smallest absolute Gasteiger partial charge is 0.406 e. The lowest BCUT2D eigenvalue weighted by Gasteiger charge is -2.15. The highest BCUT2D eigenvalue weighted by molar-refractivity contribution is 7.07. The van der Waals surface area contributed by atoms with Gasteiger partial charge in [-0.25, -0.2) is 18.9 Å². The van der Waals surface area contributed by atoms with Crippen molar-refractivity contribution in [3.05, 3.63) is 106 Å². The Bertz CT molecular complexity index is 1840. The first kappa shape index (κ1) is 30.7. The first-order chi connectivity index (χ1) is 20.9. The van der Waals surface area contributed by atoms with Crippen LogP contribution < -0.4 is 14.9 Å². The fraction of sp³-hybridized carbons (Fsp3) is 0.226. The second kappa shape index (κ2) is 12.4. The van der Waals surface area contributed by atoms with Crippen LogP contribution in [0.1, 0.15) is 49.6 Å². The number of carbonyl (C=O) groups is 1. The topological polar surface area (TPSA) is 86.3 Å². The van der Waals surface area contributed by atoms with Crippen LogP contribution in [-0.2, 0) is 0 Å². The van der Waals surface area contributed by atoms with Crippen molar-refractivity contribution in [1.29, 1.82) is 0 Å². The molecule has 0 aliphatic heterocycles. The second-order valence-corrected chi connectivity index (χ2v) is 11.1. The van der Waals surface area contributed by atoms with Gasteiger partial charge in [0.15, 0.2) is 10.6 Å². The molecule has 0 bridgehead atoms. The van der Waals surface area contributed by atoms with Crippen LogP contribution >= 0.6 is 11.3 Å². The number of alkyl halides is 3. The zero-order chi connectivity index (χ0) is 31.6. The first-order valence-corrected chi connectivity index (χ1v) is 14.5. The van der Waals surface area contributed by atoms with E-state index in [-0.39, 0.29) is 23.5 Å². The highest BCUT2D eigenvalue weighted by Gasteiger charge is 2.31. The Kier molecular flexibility index (Phi) is 8.68. The lowest BCUT2D eigenvalue weighted by Crippen LogP contribution is -2.27. The average Bonchev–Trinajstić information content (AvgIpc) is 3.60. The van der Waals surface area contributed by atoms with E-state index < -0.39 is 12.4 Å². The number of benzene rings is 3. The van der Waals surface area contributed by atoms with Crippen molar-refractivity contribution in [1.82, 2.24) is 24.6 Å². The number of aromatic nitrogens is 4. The molecular formula is C31H28F4N6O2S. The summed E-state index contributed by atoms with van der Waals surface area (Å²) in [6.45, 7) is 7.72. The maximum absolute atomic E-state index is 14.0. The van der Waals surface area contributed by atoms with E-state index in [0.717, 1.165) is 22.5 Å². The summed E-state index contributed by atoms with van der Waals surface area (Å²) in [7, 11) is 0. The minimum Gasteiger partial charge on any atom is -0.406 e. The standard InChI is InChI=1S/C31H28F4N6O2S/c1-18(2)26-15-23(32)9-14-27(26)41-19(3)16-44-30(41)38-29(42)37-20(4)21-5-7-22(8-6-21)28-36-17-40(39-28)24-10-12-25(13-11-24)43-31(33,34)35/h5-18,20H,1-4H3,(H,37,42)/b38-30-. The minimum atomic E-state index is -4.77. The van der Waals surface area contributed by atoms with Crippen molar-refractivity contribution >= 4 is 17.4 Å². The number of carbonyl (C=O) groups excluding carboxylic acids is 1. The van der Waals surface area contributed by atoms with Gasteiger partial charge in [-0.05, 0) is 73.4 Å². The fourth-order valence-corrected chi connectivity index (χ4v) is 5.45. The molecule has 1 unspecified atom stereocenters. The molecular weight excluding hydrogens is 596 g/mol. The Morgan fingerprint density at radius 3 is 2.39 bits per heavy atom. The Balaban J connectivity index is 1.28. The summed E-state index contributed by atoms with van der Waals surface area (Å²) < 4.78 is 58.4. The summed E-state index contributed by atoms with van der Waals surface area (Å²) in [5.74, 6) is -0.171. The lowest BCUT2D eigenvalue weighted by molar-refractivity contribution is -0.274. The van der Waals surface area contributed by atoms with Gasteiger partial charge in [-0.2, -0.15) is 4.99 Å². The molecule has 0 radical (unpaired) electrons. The summed E-state index contributed by atoms with van der Waals surface area (Å²) in [6, 6.07) is 16.3. The number of aryl methyl sites for hydroxylation is 1. The maximum Gasteiger partial charge on any atom is 0.573 e. The molecule has 8 nitrogen and oxygen atoms in total. The van der Waals surface area contributed by atoms with Crippen molar-refractivity contribution in [2.45, 2.75) is 46.0 Å². The second-order valence-electron chi connectivity index (χ2n) is 10.3. The van der Waals surface area contributed by atoms with Crippen molar-refractivity contribution in [2.24, 2.45) is 4.99 Å². The molecule has 5 rings (SSSR count). The van der Waals surface area contributed by atoms with Crippen molar-refractivity contribution in [3.8, 4) is 28.5 Å². The molecule has 1 N–H and O–H groups in total. The van der Waals surface area contributed by atoms with Crippen LogP contribution in [0.4, 0.5) is 22.4 Å². The number of halogens is 4. The van der Waals surface area contributed by atoms with Crippen LogP contribution in [0.25, 0.3) is 22.8 Å². The van der Waals surface area contributed by atoms with Crippen LogP contribution in [0.15, 0.2) is 83.4 Å². The average molecular weight is 625 g/mol. The molecule has 5 aromatic rings. The fourth-order valence-electron chi connectivity index (χ4n) is 4.58. The van der Waals surface area contributed by atoms with E-state index in [4.69, 9.17) is 0 Å². The number of ether oxygens (including phenoxy) is 1. The maximum atomic E-state index is 14.0. The van der Waals surface area contributed by atoms with Gasteiger partial charge in [0.1, 0.15) is 17.9 Å². The Morgan fingerprint density at radius 2 is 1.73 bits per heavy atom. The summed E-state index contributed by atoms with van der Waals surface area (Å²) in [4.78, 5) is 22.0. The zero-order valence-corrected chi connectivity index (χ0v) is 24.9. The van der Waals surface area contributed by atoms with E-state index >= 15 is 0 Å². The third-order valence-corrected chi connectivity index (χ3v) is 7.71. The van der Waals surface area contributed by atoms with Crippen LogP contribution in [0.5, 0.6) is 5.75 Å². The van der Waals surface area contributed by atoms with E-state index in [2.05, 4.69) is 25.1 Å². The number of hydrogen-bond donors (Lipinski definition) is 1. The van der Waals surface area contributed by atoms with Gasteiger partial charge in [-0.15, -0.1) is 29.6 Å². The van der Waals surface area contributed by atoms with Gasteiger partial charge in [0, 0.05) is 16.6 Å². The number of nitrogens with one attached hydrogen (secondary N) is 1. The monoisotopic (exact) mass is 624 g/mol. The third-order valence-electron chi connectivity index (χ3n) is 6.76. The van der Waals surface area contributed by atoms with Crippen molar-refractivity contribution in [3.63, 3.8) is 0 Å². The molecule has 0 saturated carbocycles. The van der Waals surface area contributed by atoms with E-state index in [1.807, 2.05) is 61.9 Å². The molecule has 44 heavy (non-hydrogen) atoms. The number of rotatable bonds is 7. The van der Waals surface area contributed by atoms with Crippen molar-refractivity contribution in [2.75, 3.05) is 0 Å². The van der Waals surface area contributed by atoms with Gasteiger partial charge in [0.2, 0.25) is 0 Å². The predicted molar refractivity (Wildman–Crippen MR) is 158 cm³/mol. The zero-order valence-electron chi connectivity index (χ0n) is 24.1. The highest BCUT2D eigenvalue weighted by atomic mass is 32.1. The number of hydrogen-bond acceptors (Lipinski definition) is 5. The SMILES string of the molecule is Cc1cs/c(=N\C(=O)NC(C)c2ccc(-c3ncn(-c4ccc(OC(F)(F)F)cc4)n3)cc2)n1-c1ccc(F)cc1C(C)C. The number of nitrogens with zero attached hydrogens (tertiary/aromatic N) is 5. The molecule has 2 amide bonds. The summed E-state index contributed by atoms with van der Waals surface area (Å²) >= 11 is 1.32. The molecule has 0 spiro atoms. The molecule has 2 aromatic heterocycles. The molecule has 3 aromatic carbocycles. The van der Waals surface area contributed by atoms with Gasteiger partial charge in [-0.3, -0.25) is 4.57 Å². The molecule has 0 saturated heterocycles. The molecule has 0 aliphatic carbocycles. The molecule has 2 heterocycles. The number of thiazole rings is 1. The Morgan fingerprint density at radius 1 is 1.02 bits per heavy atom. The Hall–Kier alpha value is -4.78. The Labute approximate surface area is 254 Å². The molecule has 0 fully saturated rings. The van der Waals surface area contributed by atoms with Crippen LogP contribution in [0.3, 0.4) is 0 Å². The van der Waals surface area contributed by atoms with Gasteiger partial charge >= 0.3 is 12.4 Å². The number of amides is 2. The summed E-state index contributed by atoms with van der Waals surface area (Å²) in [5.41, 5.74) is 4.52. The number of urea groups is 1. The lowest BCUT2D eigenvalue weighted by atomic mass is 10.0. The van der Waals surface area contributed by atoms with Crippen LogP contribution in [0.2, 0.25) is 0 Å². The van der Waals surface area contributed by atoms with Crippen LogP contribution in [0, 0.1) is 12.7 Å². The van der Waals surface area contributed by atoms with Gasteiger partial charge in [0.05, 0.1) is 17.4 Å². The first-order valence-electron chi connectivity index (χ1n) is 13.6. The van der Waals surface area contributed by atoms with E-state index in [9.17, 15) is 22.4 Å². The van der Waals surface area contributed by atoms with Crippen molar-refractivity contribution < 1.29 is 27.1 Å². The largest absolute Gasteiger partial charge is 0.573 e. The summed E-state index contributed by atoms with van der Waals surface area (Å²) in [6.07, 6.45) is -3.31. The van der Waals surface area contributed by atoms with E-state index in [0.29, 0.717) is 21.9 Å². The molecule has 1 atom stereocenters. The molecule has 13 heteroatoms. The molecule has 228 valence electrons. The van der Waals surface area contributed by atoms with Crippen LogP contribution in [-0.4, -0.2) is 31.7 Å². The normalized spacial score (nSPS) is 12.9. The quantitative estimate of drug-likeness (QED) is 0.189. The van der Waals surface area contributed by atoms with Gasteiger partial charge in [0.25, 0.3) is 0 Å².